The number of rotatable bonds is 7. The lowest BCUT2D eigenvalue weighted by Gasteiger charge is -2.35. The van der Waals surface area contributed by atoms with Crippen molar-refractivity contribution in [1.29, 1.82) is 0 Å². The second-order valence-corrected chi connectivity index (χ2v) is 5.92. The van der Waals surface area contributed by atoms with E-state index in [0.717, 1.165) is 18.5 Å². The van der Waals surface area contributed by atoms with Crippen LogP contribution in [-0.2, 0) is 0 Å². The molecule has 2 nitrogen and oxygen atoms in total. The molecular weight excluding hydrogens is 184 g/mol. The standard InChI is InChI=1S/C13H28N2/c1-5-13(4,9-14)10-15(8-11(2)3)12-6-7-12/h11-12H,5-10,14H2,1-4H3. The van der Waals surface area contributed by atoms with Crippen LogP contribution in [0.2, 0.25) is 0 Å². The largest absolute Gasteiger partial charge is 0.330 e. The van der Waals surface area contributed by atoms with Crippen LogP contribution >= 0.6 is 0 Å². The summed E-state index contributed by atoms with van der Waals surface area (Å²) in [6.45, 7) is 12.4. The summed E-state index contributed by atoms with van der Waals surface area (Å²) in [6, 6.07) is 0.866. The van der Waals surface area contributed by atoms with E-state index in [9.17, 15) is 0 Å². The molecule has 0 aromatic carbocycles. The van der Waals surface area contributed by atoms with Gasteiger partial charge in [-0.15, -0.1) is 0 Å². The van der Waals surface area contributed by atoms with Gasteiger partial charge < -0.3 is 5.73 Å². The molecule has 2 heteroatoms. The summed E-state index contributed by atoms with van der Waals surface area (Å²) < 4.78 is 0. The molecule has 0 spiro atoms. The lowest BCUT2D eigenvalue weighted by atomic mass is 9.87. The first kappa shape index (κ1) is 13.0. The molecule has 0 aromatic heterocycles. The van der Waals surface area contributed by atoms with Crippen molar-refractivity contribution >= 4 is 0 Å². The van der Waals surface area contributed by atoms with E-state index < -0.39 is 0 Å². The SMILES string of the molecule is CCC(C)(CN)CN(CC(C)C)C1CC1. The zero-order valence-corrected chi connectivity index (χ0v) is 10.9. The van der Waals surface area contributed by atoms with Crippen molar-refractivity contribution in [3.8, 4) is 0 Å². The molecule has 1 aliphatic rings. The van der Waals surface area contributed by atoms with E-state index in [1.165, 1.54) is 32.4 Å². The number of hydrogen-bond acceptors (Lipinski definition) is 2. The molecule has 1 rings (SSSR count). The second-order valence-electron chi connectivity index (χ2n) is 5.92. The van der Waals surface area contributed by atoms with Gasteiger partial charge in [0.1, 0.15) is 0 Å². The van der Waals surface area contributed by atoms with Crippen LogP contribution in [0.3, 0.4) is 0 Å². The number of nitrogens with zero attached hydrogens (tertiary/aromatic N) is 1. The molecule has 0 saturated heterocycles. The monoisotopic (exact) mass is 212 g/mol. The highest BCUT2D eigenvalue weighted by Crippen LogP contribution is 2.31. The van der Waals surface area contributed by atoms with Gasteiger partial charge in [-0.3, -0.25) is 4.90 Å². The van der Waals surface area contributed by atoms with Crippen LogP contribution < -0.4 is 5.73 Å². The van der Waals surface area contributed by atoms with Gasteiger partial charge in [-0.25, -0.2) is 0 Å². The van der Waals surface area contributed by atoms with E-state index in [-0.39, 0.29) is 0 Å². The minimum absolute atomic E-state index is 0.317. The molecular formula is C13H28N2. The fourth-order valence-electron chi connectivity index (χ4n) is 2.06. The molecule has 15 heavy (non-hydrogen) atoms. The first-order valence-corrected chi connectivity index (χ1v) is 6.45. The molecule has 0 radical (unpaired) electrons. The first-order valence-electron chi connectivity index (χ1n) is 6.45. The van der Waals surface area contributed by atoms with Crippen molar-refractivity contribution in [2.24, 2.45) is 17.1 Å². The van der Waals surface area contributed by atoms with E-state index in [1.54, 1.807) is 0 Å². The van der Waals surface area contributed by atoms with E-state index in [4.69, 9.17) is 5.73 Å². The van der Waals surface area contributed by atoms with E-state index in [1.807, 2.05) is 0 Å². The number of hydrogen-bond donors (Lipinski definition) is 1. The van der Waals surface area contributed by atoms with Gasteiger partial charge in [0.2, 0.25) is 0 Å². The topological polar surface area (TPSA) is 29.3 Å². The summed E-state index contributed by atoms with van der Waals surface area (Å²) >= 11 is 0. The lowest BCUT2D eigenvalue weighted by molar-refractivity contribution is 0.143. The predicted octanol–water partition coefficient (Wildman–Crippen LogP) is 2.48. The molecule has 1 fully saturated rings. The molecule has 0 bridgehead atoms. The van der Waals surface area contributed by atoms with Gasteiger partial charge in [0.05, 0.1) is 0 Å². The Bertz CT molecular complexity index is 181. The lowest BCUT2D eigenvalue weighted by Crippen LogP contribution is -2.42. The highest BCUT2D eigenvalue weighted by molar-refractivity contribution is 4.89. The quantitative estimate of drug-likeness (QED) is 0.702. The highest BCUT2D eigenvalue weighted by atomic mass is 15.2. The van der Waals surface area contributed by atoms with Gasteiger partial charge in [-0.2, -0.15) is 0 Å². The average molecular weight is 212 g/mol. The van der Waals surface area contributed by atoms with Crippen molar-refractivity contribution in [3.05, 3.63) is 0 Å². The third-order valence-electron chi connectivity index (χ3n) is 3.59. The third kappa shape index (κ3) is 4.12. The van der Waals surface area contributed by atoms with Crippen LogP contribution in [0.5, 0.6) is 0 Å². The molecule has 2 N–H and O–H groups in total. The average Bonchev–Trinajstić information content (AvgIpc) is 2.99. The first-order chi connectivity index (χ1) is 7.00. The van der Waals surface area contributed by atoms with Crippen LogP contribution in [0.25, 0.3) is 0 Å². The molecule has 0 aromatic rings. The summed E-state index contributed by atoms with van der Waals surface area (Å²) in [4.78, 5) is 2.67. The normalized spacial score (nSPS) is 21.0. The summed E-state index contributed by atoms with van der Waals surface area (Å²) in [6.07, 6.45) is 3.99. The van der Waals surface area contributed by atoms with Crippen molar-refractivity contribution in [2.75, 3.05) is 19.6 Å². The summed E-state index contributed by atoms with van der Waals surface area (Å²) in [5.41, 5.74) is 6.21. The molecule has 0 amide bonds. The molecule has 90 valence electrons. The maximum Gasteiger partial charge on any atom is 0.00967 e. The maximum atomic E-state index is 5.89. The van der Waals surface area contributed by atoms with Crippen LogP contribution in [0, 0.1) is 11.3 Å². The van der Waals surface area contributed by atoms with Crippen LogP contribution in [0.15, 0.2) is 0 Å². The maximum absolute atomic E-state index is 5.89. The second kappa shape index (κ2) is 5.31. The Kier molecular flexibility index (Phi) is 4.60. The fourth-order valence-corrected chi connectivity index (χ4v) is 2.06. The predicted molar refractivity (Wildman–Crippen MR) is 66.9 cm³/mol. The van der Waals surface area contributed by atoms with E-state index in [0.29, 0.717) is 5.41 Å². The summed E-state index contributed by atoms with van der Waals surface area (Å²) in [5, 5.41) is 0. The Balaban J connectivity index is 2.49. The van der Waals surface area contributed by atoms with E-state index >= 15 is 0 Å². The zero-order valence-electron chi connectivity index (χ0n) is 10.9. The van der Waals surface area contributed by atoms with Gasteiger partial charge >= 0.3 is 0 Å². The Labute approximate surface area is 95.2 Å². The Morgan fingerprint density at radius 3 is 2.33 bits per heavy atom. The van der Waals surface area contributed by atoms with Gasteiger partial charge in [0.25, 0.3) is 0 Å². The zero-order chi connectivity index (χ0) is 11.5. The molecule has 1 saturated carbocycles. The van der Waals surface area contributed by atoms with Crippen molar-refractivity contribution in [2.45, 2.75) is 53.0 Å². The fraction of sp³-hybridized carbons (Fsp3) is 1.00. The summed E-state index contributed by atoms with van der Waals surface area (Å²) in [5.74, 6) is 0.768. The molecule has 0 heterocycles. The van der Waals surface area contributed by atoms with Crippen molar-refractivity contribution < 1.29 is 0 Å². The Morgan fingerprint density at radius 1 is 1.40 bits per heavy atom. The summed E-state index contributed by atoms with van der Waals surface area (Å²) in [7, 11) is 0. The molecule has 1 unspecified atom stereocenters. The van der Waals surface area contributed by atoms with Crippen molar-refractivity contribution in [1.82, 2.24) is 4.90 Å². The van der Waals surface area contributed by atoms with Crippen LogP contribution in [0.4, 0.5) is 0 Å². The Morgan fingerprint density at radius 2 is 2.00 bits per heavy atom. The van der Waals surface area contributed by atoms with Crippen LogP contribution in [-0.4, -0.2) is 30.6 Å². The number of nitrogens with two attached hydrogens (primary N) is 1. The third-order valence-corrected chi connectivity index (χ3v) is 3.59. The van der Waals surface area contributed by atoms with Gasteiger partial charge in [0.15, 0.2) is 0 Å². The smallest absolute Gasteiger partial charge is 0.00967 e. The van der Waals surface area contributed by atoms with Gasteiger partial charge in [-0.05, 0) is 37.1 Å². The highest BCUT2D eigenvalue weighted by Gasteiger charge is 2.33. The minimum atomic E-state index is 0.317. The molecule has 1 atom stereocenters. The van der Waals surface area contributed by atoms with Crippen LogP contribution in [0.1, 0.15) is 47.0 Å². The van der Waals surface area contributed by atoms with Gasteiger partial charge in [0, 0.05) is 19.1 Å². The van der Waals surface area contributed by atoms with Gasteiger partial charge in [-0.1, -0.05) is 27.7 Å². The van der Waals surface area contributed by atoms with E-state index in [2.05, 4.69) is 32.6 Å². The molecule has 0 aliphatic heterocycles. The van der Waals surface area contributed by atoms with Crippen molar-refractivity contribution in [3.63, 3.8) is 0 Å². The Hall–Kier alpha value is -0.0800. The minimum Gasteiger partial charge on any atom is -0.330 e. The molecule has 1 aliphatic carbocycles.